The third kappa shape index (κ3) is 4.57. The van der Waals surface area contributed by atoms with Gasteiger partial charge in [0.05, 0.1) is 17.8 Å². The zero-order valence-electron chi connectivity index (χ0n) is 15.9. The SMILES string of the molecule is Cc1ncsc1CCOc1cccc(CN(C(=O)c2ccccn2)C2CC2)c1. The molecule has 0 N–H and O–H groups in total. The van der Waals surface area contributed by atoms with E-state index in [-0.39, 0.29) is 5.91 Å². The largest absolute Gasteiger partial charge is 0.493 e. The van der Waals surface area contributed by atoms with Crippen molar-refractivity contribution in [1.29, 1.82) is 0 Å². The number of amides is 1. The van der Waals surface area contributed by atoms with Gasteiger partial charge in [-0.3, -0.25) is 9.78 Å². The maximum atomic E-state index is 12.9. The summed E-state index contributed by atoms with van der Waals surface area (Å²) in [5.41, 5.74) is 4.52. The van der Waals surface area contributed by atoms with Crippen LogP contribution >= 0.6 is 11.3 Å². The van der Waals surface area contributed by atoms with Crippen LogP contribution in [0, 0.1) is 6.92 Å². The van der Waals surface area contributed by atoms with Crippen LogP contribution in [0.3, 0.4) is 0 Å². The number of nitrogens with zero attached hydrogens (tertiary/aromatic N) is 3. The lowest BCUT2D eigenvalue weighted by Gasteiger charge is -2.22. The molecule has 1 saturated carbocycles. The van der Waals surface area contributed by atoms with Crippen molar-refractivity contribution >= 4 is 17.2 Å². The number of aromatic nitrogens is 2. The van der Waals surface area contributed by atoms with E-state index in [1.807, 2.05) is 53.7 Å². The van der Waals surface area contributed by atoms with Gasteiger partial charge in [0.25, 0.3) is 5.91 Å². The van der Waals surface area contributed by atoms with E-state index >= 15 is 0 Å². The van der Waals surface area contributed by atoms with Gasteiger partial charge >= 0.3 is 0 Å². The highest BCUT2D eigenvalue weighted by Gasteiger charge is 2.33. The first-order valence-corrected chi connectivity index (χ1v) is 10.4. The number of thiazole rings is 1. The van der Waals surface area contributed by atoms with E-state index in [9.17, 15) is 4.79 Å². The van der Waals surface area contributed by atoms with E-state index in [0.29, 0.717) is 24.9 Å². The Balaban J connectivity index is 1.40. The van der Waals surface area contributed by atoms with Crippen LogP contribution in [0.4, 0.5) is 0 Å². The average Bonchev–Trinajstić information content (AvgIpc) is 3.49. The minimum atomic E-state index is -0.00454. The lowest BCUT2D eigenvalue weighted by atomic mass is 10.2. The molecule has 0 aliphatic heterocycles. The first kappa shape index (κ1) is 18.6. The summed E-state index contributed by atoms with van der Waals surface area (Å²) in [5.74, 6) is 0.829. The van der Waals surface area contributed by atoms with E-state index in [2.05, 4.69) is 9.97 Å². The van der Waals surface area contributed by atoms with Crippen molar-refractivity contribution in [2.45, 2.75) is 38.8 Å². The summed E-state index contributed by atoms with van der Waals surface area (Å²) in [6.45, 7) is 3.22. The smallest absolute Gasteiger partial charge is 0.272 e. The maximum absolute atomic E-state index is 12.9. The molecule has 0 radical (unpaired) electrons. The molecule has 28 heavy (non-hydrogen) atoms. The lowest BCUT2D eigenvalue weighted by Crippen LogP contribution is -2.33. The van der Waals surface area contributed by atoms with Gasteiger partial charge in [0.15, 0.2) is 0 Å². The number of ether oxygens (including phenoxy) is 1. The highest BCUT2D eigenvalue weighted by atomic mass is 32.1. The molecule has 1 aliphatic rings. The van der Waals surface area contributed by atoms with Crippen molar-refractivity contribution in [3.05, 3.63) is 76.0 Å². The number of carbonyl (C=O) groups is 1. The fourth-order valence-electron chi connectivity index (χ4n) is 3.15. The second-order valence-electron chi connectivity index (χ2n) is 6.99. The Hall–Kier alpha value is -2.73. The second kappa shape index (κ2) is 8.52. The Morgan fingerprint density at radius 3 is 2.82 bits per heavy atom. The normalized spacial score (nSPS) is 13.3. The molecule has 0 spiro atoms. The number of carbonyl (C=O) groups excluding carboxylic acids is 1. The molecule has 144 valence electrons. The van der Waals surface area contributed by atoms with Gasteiger partial charge in [0.1, 0.15) is 11.4 Å². The predicted molar refractivity (Wildman–Crippen MR) is 110 cm³/mol. The van der Waals surface area contributed by atoms with E-state index < -0.39 is 0 Å². The molecule has 0 unspecified atom stereocenters. The Morgan fingerprint density at radius 1 is 1.21 bits per heavy atom. The lowest BCUT2D eigenvalue weighted by molar-refractivity contribution is 0.0723. The van der Waals surface area contributed by atoms with Crippen LogP contribution in [0.25, 0.3) is 0 Å². The number of rotatable bonds is 8. The molecule has 2 heterocycles. The van der Waals surface area contributed by atoms with Crippen molar-refractivity contribution in [2.75, 3.05) is 6.61 Å². The van der Waals surface area contributed by atoms with Crippen LogP contribution < -0.4 is 4.74 Å². The maximum Gasteiger partial charge on any atom is 0.272 e. The number of benzene rings is 1. The van der Waals surface area contributed by atoms with Crippen LogP contribution in [0.5, 0.6) is 5.75 Å². The van der Waals surface area contributed by atoms with Gasteiger partial charge in [-0.2, -0.15) is 0 Å². The molecule has 0 atom stereocenters. The third-order valence-electron chi connectivity index (χ3n) is 4.83. The molecule has 1 amide bonds. The number of aryl methyl sites for hydroxylation is 1. The molecule has 2 aromatic heterocycles. The Labute approximate surface area is 169 Å². The fourth-order valence-corrected chi connectivity index (χ4v) is 3.91. The van der Waals surface area contributed by atoms with Crippen molar-refractivity contribution in [1.82, 2.24) is 14.9 Å². The summed E-state index contributed by atoms with van der Waals surface area (Å²) in [4.78, 5) is 24.6. The van der Waals surface area contributed by atoms with E-state index in [0.717, 1.165) is 36.3 Å². The van der Waals surface area contributed by atoms with Crippen molar-refractivity contribution < 1.29 is 9.53 Å². The molecule has 5 nitrogen and oxygen atoms in total. The molecule has 4 rings (SSSR count). The number of pyridine rings is 1. The van der Waals surface area contributed by atoms with E-state index in [1.165, 1.54) is 4.88 Å². The minimum Gasteiger partial charge on any atom is -0.493 e. The summed E-state index contributed by atoms with van der Waals surface area (Å²) < 4.78 is 5.94. The predicted octanol–water partition coefficient (Wildman–Crippen LogP) is 4.27. The Morgan fingerprint density at radius 2 is 2.11 bits per heavy atom. The topological polar surface area (TPSA) is 55.3 Å². The van der Waals surface area contributed by atoms with E-state index in [4.69, 9.17) is 4.74 Å². The van der Waals surface area contributed by atoms with Crippen LogP contribution in [0.15, 0.2) is 54.2 Å². The Bertz CT molecular complexity index is 938. The molecular weight excluding hydrogens is 370 g/mol. The monoisotopic (exact) mass is 393 g/mol. The zero-order valence-corrected chi connectivity index (χ0v) is 16.7. The van der Waals surface area contributed by atoms with Crippen molar-refractivity contribution in [3.63, 3.8) is 0 Å². The van der Waals surface area contributed by atoms with Gasteiger partial charge in [0.2, 0.25) is 0 Å². The second-order valence-corrected chi connectivity index (χ2v) is 7.93. The highest BCUT2D eigenvalue weighted by Crippen LogP contribution is 2.30. The molecule has 0 saturated heterocycles. The van der Waals surface area contributed by atoms with Crippen LogP contribution in [0.2, 0.25) is 0 Å². The molecule has 1 fully saturated rings. The van der Waals surface area contributed by atoms with Gasteiger partial charge < -0.3 is 9.64 Å². The first-order valence-electron chi connectivity index (χ1n) is 9.53. The summed E-state index contributed by atoms with van der Waals surface area (Å²) in [5, 5.41) is 0. The van der Waals surface area contributed by atoms with E-state index in [1.54, 1.807) is 23.6 Å². The first-order chi connectivity index (χ1) is 13.7. The zero-order chi connectivity index (χ0) is 19.3. The van der Waals surface area contributed by atoms with Gasteiger partial charge in [0, 0.05) is 30.1 Å². The summed E-state index contributed by atoms with van der Waals surface area (Å²) in [6, 6.07) is 13.8. The summed E-state index contributed by atoms with van der Waals surface area (Å²) in [6.07, 6.45) is 4.64. The Kier molecular flexibility index (Phi) is 5.67. The molecule has 3 aromatic rings. The van der Waals surface area contributed by atoms with Crippen LogP contribution in [0.1, 0.15) is 39.5 Å². The number of hydrogen-bond acceptors (Lipinski definition) is 5. The minimum absolute atomic E-state index is 0.00454. The molecule has 1 aliphatic carbocycles. The quantitative estimate of drug-likeness (QED) is 0.573. The van der Waals surface area contributed by atoms with Crippen molar-refractivity contribution in [3.8, 4) is 5.75 Å². The van der Waals surface area contributed by atoms with Crippen LogP contribution in [-0.2, 0) is 13.0 Å². The summed E-state index contributed by atoms with van der Waals surface area (Å²) >= 11 is 1.67. The fraction of sp³-hybridized carbons (Fsp3) is 0.318. The molecular formula is C22H23N3O2S. The van der Waals surface area contributed by atoms with Gasteiger partial charge in [-0.1, -0.05) is 18.2 Å². The standard InChI is InChI=1S/C22H23N3O2S/c1-16-21(28-15-24-16)10-12-27-19-6-4-5-17(13-19)14-25(18-8-9-18)22(26)20-7-2-3-11-23-20/h2-7,11,13,15,18H,8-10,12,14H2,1H3. The molecule has 0 bridgehead atoms. The van der Waals surface area contributed by atoms with Gasteiger partial charge in [-0.05, 0) is 49.6 Å². The van der Waals surface area contributed by atoms with Crippen molar-refractivity contribution in [2.24, 2.45) is 0 Å². The molecule has 1 aromatic carbocycles. The summed E-state index contributed by atoms with van der Waals surface area (Å²) in [7, 11) is 0. The third-order valence-corrected chi connectivity index (χ3v) is 5.82. The van der Waals surface area contributed by atoms with Gasteiger partial charge in [-0.25, -0.2) is 4.98 Å². The van der Waals surface area contributed by atoms with Crippen LogP contribution in [-0.4, -0.2) is 33.4 Å². The van der Waals surface area contributed by atoms with Gasteiger partial charge in [-0.15, -0.1) is 11.3 Å². The number of hydrogen-bond donors (Lipinski definition) is 0. The molecule has 6 heteroatoms. The highest BCUT2D eigenvalue weighted by molar-refractivity contribution is 7.09. The average molecular weight is 394 g/mol.